The van der Waals surface area contributed by atoms with Gasteiger partial charge < -0.3 is 10.2 Å². The maximum absolute atomic E-state index is 4.55. The van der Waals surface area contributed by atoms with E-state index >= 15 is 0 Å². The Morgan fingerprint density at radius 1 is 1.30 bits per heavy atom. The summed E-state index contributed by atoms with van der Waals surface area (Å²) in [5.74, 6) is 1.09. The molecule has 0 aromatic carbocycles. The molecule has 0 radical (unpaired) electrons. The molecule has 1 aliphatic rings. The Bertz CT molecular complexity index is 587. The Balaban J connectivity index is 1.75. The van der Waals surface area contributed by atoms with Crippen LogP contribution < -0.4 is 10.2 Å². The highest BCUT2D eigenvalue weighted by Crippen LogP contribution is 2.27. The van der Waals surface area contributed by atoms with Gasteiger partial charge in [0.15, 0.2) is 5.82 Å². The fraction of sp³-hybridized carbons (Fsp3) is 0.467. The van der Waals surface area contributed by atoms with Crippen LogP contribution in [0.3, 0.4) is 0 Å². The Morgan fingerprint density at radius 2 is 2.10 bits per heavy atom. The lowest BCUT2D eigenvalue weighted by Gasteiger charge is -2.20. The van der Waals surface area contributed by atoms with Crippen molar-refractivity contribution in [2.75, 3.05) is 23.3 Å². The lowest BCUT2D eigenvalue weighted by atomic mass is 10.3. The van der Waals surface area contributed by atoms with Crippen LogP contribution in [0.15, 0.2) is 18.3 Å². The summed E-state index contributed by atoms with van der Waals surface area (Å²) in [7, 11) is 0. The number of thiazole rings is 1. The van der Waals surface area contributed by atoms with Crippen molar-refractivity contribution in [1.82, 2.24) is 9.97 Å². The Labute approximate surface area is 123 Å². The monoisotopic (exact) mass is 288 g/mol. The maximum atomic E-state index is 4.55. The number of pyridine rings is 1. The third-order valence-electron chi connectivity index (χ3n) is 3.63. The van der Waals surface area contributed by atoms with E-state index in [0.717, 1.165) is 41.8 Å². The topological polar surface area (TPSA) is 41.1 Å². The van der Waals surface area contributed by atoms with Crippen molar-refractivity contribution < 1.29 is 0 Å². The summed E-state index contributed by atoms with van der Waals surface area (Å²) in [5.41, 5.74) is 2.26. The van der Waals surface area contributed by atoms with Crippen molar-refractivity contribution in [2.24, 2.45) is 0 Å². The Hall–Kier alpha value is -1.62. The van der Waals surface area contributed by atoms with Crippen LogP contribution in [0.5, 0.6) is 0 Å². The second-order valence-corrected chi connectivity index (χ2v) is 6.45. The molecule has 0 saturated carbocycles. The number of anilines is 2. The average molecular weight is 288 g/mol. The molecular formula is C15H20N4S. The van der Waals surface area contributed by atoms with Gasteiger partial charge in [-0.25, -0.2) is 9.97 Å². The average Bonchev–Trinajstić information content (AvgIpc) is 3.07. The summed E-state index contributed by atoms with van der Waals surface area (Å²) in [6.45, 7) is 7.19. The molecule has 3 rings (SSSR count). The Kier molecular flexibility index (Phi) is 3.87. The van der Waals surface area contributed by atoms with E-state index in [4.69, 9.17) is 0 Å². The van der Waals surface area contributed by atoms with Gasteiger partial charge in [-0.3, -0.25) is 0 Å². The molecule has 2 aromatic heterocycles. The van der Waals surface area contributed by atoms with Crippen molar-refractivity contribution in [3.8, 4) is 0 Å². The zero-order valence-electron chi connectivity index (χ0n) is 12.0. The van der Waals surface area contributed by atoms with E-state index in [1.165, 1.54) is 17.7 Å². The molecule has 0 atom stereocenters. The third-order valence-corrected chi connectivity index (χ3v) is 4.70. The van der Waals surface area contributed by atoms with Gasteiger partial charge in [0.1, 0.15) is 0 Å². The van der Waals surface area contributed by atoms with Crippen LogP contribution in [-0.4, -0.2) is 23.1 Å². The van der Waals surface area contributed by atoms with Gasteiger partial charge in [0, 0.05) is 24.2 Å². The van der Waals surface area contributed by atoms with E-state index in [-0.39, 0.29) is 0 Å². The van der Waals surface area contributed by atoms with Crippen molar-refractivity contribution >= 4 is 22.8 Å². The summed E-state index contributed by atoms with van der Waals surface area (Å²) in [6, 6.07) is 4.11. The fourth-order valence-electron chi connectivity index (χ4n) is 2.63. The van der Waals surface area contributed by atoms with Gasteiger partial charge in [0.25, 0.3) is 0 Å². The van der Waals surface area contributed by atoms with Gasteiger partial charge in [0.05, 0.1) is 22.9 Å². The summed E-state index contributed by atoms with van der Waals surface area (Å²) in [6.07, 6.45) is 4.41. The minimum absolute atomic E-state index is 0.823. The molecule has 4 nitrogen and oxygen atoms in total. The first-order valence-corrected chi connectivity index (χ1v) is 7.92. The molecule has 1 fully saturated rings. The normalized spacial score (nSPS) is 14.8. The zero-order valence-corrected chi connectivity index (χ0v) is 12.8. The first kappa shape index (κ1) is 13.4. The first-order valence-electron chi connectivity index (χ1n) is 7.11. The molecule has 0 spiro atoms. The van der Waals surface area contributed by atoms with Gasteiger partial charge in [-0.05, 0) is 38.8 Å². The standard InChI is InChI=1S/C15H20N4S/c1-11-14(20-12(2)18-11)10-17-13-6-5-7-16-15(13)19-8-3-4-9-19/h5-7,17H,3-4,8-10H2,1-2H3. The lowest BCUT2D eigenvalue weighted by molar-refractivity contribution is 0.935. The smallest absolute Gasteiger partial charge is 0.151 e. The quantitative estimate of drug-likeness (QED) is 0.936. The van der Waals surface area contributed by atoms with Crippen LogP contribution in [0, 0.1) is 13.8 Å². The number of aromatic nitrogens is 2. The van der Waals surface area contributed by atoms with Crippen molar-refractivity contribution in [3.63, 3.8) is 0 Å². The van der Waals surface area contributed by atoms with E-state index in [1.807, 2.05) is 12.3 Å². The van der Waals surface area contributed by atoms with E-state index in [1.54, 1.807) is 11.3 Å². The van der Waals surface area contributed by atoms with Crippen LogP contribution in [0.1, 0.15) is 28.4 Å². The van der Waals surface area contributed by atoms with Crippen LogP contribution in [-0.2, 0) is 6.54 Å². The molecular weight excluding hydrogens is 268 g/mol. The van der Waals surface area contributed by atoms with Gasteiger partial charge in [-0.1, -0.05) is 0 Å². The minimum Gasteiger partial charge on any atom is -0.377 e. The molecule has 5 heteroatoms. The molecule has 106 valence electrons. The largest absolute Gasteiger partial charge is 0.377 e. The molecule has 3 heterocycles. The van der Waals surface area contributed by atoms with Crippen LogP contribution in [0.2, 0.25) is 0 Å². The van der Waals surface area contributed by atoms with Crippen LogP contribution in [0.4, 0.5) is 11.5 Å². The van der Waals surface area contributed by atoms with Gasteiger partial charge in [0.2, 0.25) is 0 Å². The van der Waals surface area contributed by atoms with Gasteiger partial charge in [-0.2, -0.15) is 0 Å². The Morgan fingerprint density at radius 3 is 2.80 bits per heavy atom. The third kappa shape index (κ3) is 2.77. The minimum atomic E-state index is 0.823. The van der Waals surface area contributed by atoms with Crippen LogP contribution in [0.25, 0.3) is 0 Å². The summed E-state index contributed by atoms with van der Waals surface area (Å²) in [4.78, 5) is 12.7. The van der Waals surface area contributed by atoms with E-state index in [2.05, 4.69) is 40.1 Å². The summed E-state index contributed by atoms with van der Waals surface area (Å²) >= 11 is 1.76. The van der Waals surface area contributed by atoms with E-state index in [9.17, 15) is 0 Å². The fourth-order valence-corrected chi connectivity index (χ4v) is 3.51. The summed E-state index contributed by atoms with van der Waals surface area (Å²) in [5, 5.41) is 4.66. The van der Waals surface area contributed by atoms with E-state index < -0.39 is 0 Å². The number of nitrogens with one attached hydrogen (secondary N) is 1. The molecule has 1 aliphatic heterocycles. The highest BCUT2D eigenvalue weighted by atomic mass is 32.1. The highest BCUT2D eigenvalue weighted by Gasteiger charge is 2.16. The van der Waals surface area contributed by atoms with Crippen molar-refractivity contribution in [3.05, 3.63) is 33.9 Å². The lowest BCUT2D eigenvalue weighted by Crippen LogP contribution is -2.20. The molecule has 0 bridgehead atoms. The number of hydrogen-bond donors (Lipinski definition) is 1. The zero-order chi connectivity index (χ0) is 13.9. The molecule has 0 unspecified atom stereocenters. The van der Waals surface area contributed by atoms with Gasteiger partial charge in [-0.15, -0.1) is 11.3 Å². The maximum Gasteiger partial charge on any atom is 0.151 e. The number of hydrogen-bond acceptors (Lipinski definition) is 5. The first-order chi connectivity index (χ1) is 9.74. The molecule has 1 N–H and O–H groups in total. The van der Waals surface area contributed by atoms with E-state index in [0.29, 0.717) is 0 Å². The molecule has 0 aliphatic carbocycles. The van der Waals surface area contributed by atoms with Crippen LogP contribution >= 0.6 is 11.3 Å². The molecule has 20 heavy (non-hydrogen) atoms. The summed E-state index contributed by atoms with van der Waals surface area (Å²) < 4.78 is 0. The number of aryl methyl sites for hydroxylation is 2. The number of nitrogens with zero attached hydrogens (tertiary/aromatic N) is 3. The predicted octanol–water partition coefficient (Wildman–Crippen LogP) is 3.37. The molecule has 0 amide bonds. The van der Waals surface area contributed by atoms with Gasteiger partial charge >= 0.3 is 0 Å². The van der Waals surface area contributed by atoms with Crippen molar-refractivity contribution in [2.45, 2.75) is 33.2 Å². The predicted molar refractivity (Wildman–Crippen MR) is 84.6 cm³/mol. The molecule has 1 saturated heterocycles. The SMILES string of the molecule is Cc1nc(C)c(CNc2cccnc2N2CCCC2)s1. The van der Waals surface area contributed by atoms with Crippen molar-refractivity contribution in [1.29, 1.82) is 0 Å². The number of rotatable bonds is 4. The second kappa shape index (κ2) is 5.79. The molecule has 2 aromatic rings. The second-order valence-electron chi connectivity index (χ2n) is 5.16. The highest BCUT2D eigenvalue weighted by molar-refractivity contribution is 7.11.